The van der Waals surface area contributed by atoms with Gasteiger partial charge in [0, 0.05) is 12.5 Å². The van der Waals surface area contributed by atoms with Gasteiger partial charge >= 0.3 is 0 Å². The third-order valence-corrected chi connectivity index (χ3v) is 5.88. The van der Waals surface area contributed by atoms with Gasteiger partial charge in [0.1, 0.15) is 11.4 Å². The number of nitrogens with zero attached hydrogens (tertiary/aromatic N) is 2. The van der Waals surface area contributed by atoms with Crippen molar-refractivity contribution in [2.24, 2.45) is 16.4 Å². The van der Waals surface area contributed by atoms with Crippen molar-refractivity contribution in [2.45, 2.75) is 59.4 Å². The van der Waals surface area contributed by atoms with E-state index in [1.165, 1.54) is 12.1 Å². The number of benzene rings is 2. The molecule has 4 nitrogen and oxygen atoms in total. The highest BCUT2D eigenvalue weighted by Gasteiger charge is 2.53. The Morgan fingerprint density at radius 3 is 2.35 bits per heavy atom. The number of nitrogens with one attached hydrogen (secondary N) is 1. The van der Waals surface area contributed by atoms with Gasteiger partial charge in [-0.2, -0.15) is 5.10 Å². The number of hydrogen-bond donors (Lipinski definition) is 1. The number of rotatable bonds is 7. The van der Waals surface area contributed by atoms with Crippen LogP contribution in [0, 0.1) is 17.2 Å². The average molecular weight is 424 g/mol. The van der Waals surface area contributed by atoms with E-state index >= 15 is 0 Å². The third-order valence-electron chi connectivity index (χ3n) is 5.88. The summed E-state index contributed by atoms with van der Waals surface area (Å²) in [5, 5.41) is 10.0. The molecule has 0 aromatic heterocycles. The molecule has 0 saturated heterocycles. The predicted octanol–water partition coefficient (Wildman–Crippen LogP) is 5.78. The summed E-state index contributed by atoms with van der Waals surface area (Å²) in [4.78, 5) is 13.7. The first kappa shape index (κ1) is 23.0. The number of anilines is 1. The summed E-state index contributed by atoms with van der Waals surface area (Å²) in [6.07, 6.45) is 2.84. The topological polar surface area (TPSA) is 44.7 Å². The molecule has 0 bridgehead atoms. The van der Waals surface area contributed by atoms with E-state index in [0.717, 1.165) is 36.2 Å². The number of unbranched alkanes of at least 4 members (excludes halogenated alkanes) is 1. The molecular weight excluding hydrogens is 389 g/mol. The van der Waals surface area contributed by atoms with Crippen LogP contribution in [0.3, 0.4) is 0 Å². The second-order valence-electron chi connectivity index (χ2n) is 9.73. The summed E-state index contributed by atoms with van der Waals surface area (Å²) in [5.74, 6) is -0.426. The lowest BCUT2D eigenvalue weighted by atomic mass is 9.76. The van der Waals surface area contributed by atoms with Crippen LogP contribution in [0.4, 0.5) is 10.1 Å². The average Bonchev–Trinajstić information content (AvgIpc) is 3.04. The number of amides is 1. The molecule has 0 saturated carbocycles. The van der Waals surface area contributed by atoms with Crippen LogP contribution in [0.15, 0.2) is 59.7 Å². The number of halogens is 1. The van der Waals surface area contributed by atoms with Gasteiger partial charge in [-0.3, -0.25) is 4.79 Å². The van der Waals surface area contributed by atoms with Crippen molar-refractivity contribution in [1.82, 2.24) is 5.32 Å². The van der Waals surface area contributed by atoms with Crippen LogP contribution >= 0.6 is 0 Å². The van der Waals surface area contributed by atoms with Crippen molar-refractivity contribution < 1.29 is 9.18 Å². The molecule has 0 radical (unpaired) electrons. The molecule has 0 fully saturated rings. The third kappa shape index (κ3) is 4.97. The number of para-hydroxylation sites is 1. The maximum absolute atomic E-state index is 13.7. The van der Waals surface area contributed by atoms with Crippen molar-refractivity contribution in [2.75, 3.05) is 11.6 Å². The van der Waals surface area contributed by atoms with Crippen LogP contribution in [0.1, 0.15) is 59.4 Å². The second kappa shape index (κ2) is 9.21. The summed E-state index contributed by atoms with van der Waals surface area (Å²) < 4.78 is 13.6. The molecule has 1 amide bonds. The number of carbonyl (C=O) groups excluding carboxylic acids is 1. The minimum atomic E-state index is -0.883. The molecule has 2 unspecified atom stereocenters. The van der Waals surface area contributed by atoms with Gasteiger partial charge in [-0.1, -0.05) is 70.9 Å². The minimum absolute atomic E-state index is 0.0260. The standard InChI is InChI=1S/C26H34FN3O/c1-6-7-13-22-23(19-14-16-20(27)17-15-19)29-30(21-11-9-8-10-12-21)26(22,5)24(31)28-18-25(2,3)4/h8-12,14-17,22H,6-7,13,18H2,1-5H3,(H,28,31). The Hall–Kier alpha value is -2.69. The minimum Gasteiger partial charge on any atom is -0.353 e. The molecule has 2 aromatic carbocycles. The lowest BCUT2D eigenvalue weighted by Crippen LogP contribution is -2.58. The quantitative estimate of drug-likeness (QED) is 0.614. The van der Waals surface area contributed by atoms with Gasteiger partial charge in [-0.05, 0) is 48.6 Å². The number of hydrogen-bond acceptors (Lipinski definition) is 3. The van der Waals surface area contributed by atoms with Crippen molar-refractivity contribution >= 4 is 17.3 Å². The van der Waals surface area contributed by atoms with E-state index in [4.69, 9.17) is 5.10 Å². The highest BCUT2D eigenvalue weighted by atomic mass is 19.1. The number of hydrazone groups is 1. The Labute approximate surface area is 185 Å². The zero-order valence-electron chi connectivity index (χ0n) is 19.3. The smallest absolute Gasteiger partial charge is 0.248 e. The van der Waals surface area contributed by atoms with Crippen molar-refractivity contribution in [1.29, 1.82) is 0 Å². The Morgan fingerprint density at radius 1 is 1.13 bits per heavy atom. The fraction of sp³-hybridized carbons (Fsp3) is 0.462. The molecule has 1 N–H and O–H groups in total. The van der Waals surface area contributed by atoms with E-state index in [2.05, 4.69) is 33.0 Å². The molecular formula is C26H34FN3O. The van der Waals surface area contributed by atoms with Crippen LogP contribution in [-0.2, 0) is 4.79 Å². The first-order valence-corrected chi connectivity index (χ1v) is 11.1. The zero-order chi connectivity index (χ0) is 22.6. The van der Waals surface area contributed by atoms with E-state index in [0.29, 0.717) is 6.54 Å². The normalized spacial score (nSPS) is 21.2. The van der Waals surface area contributed by atoms with Gasteiger partial charge < -0.3 is 5.32 Å². The molecule has 31 heavy (non-hydrogen) atoms. The molecule has 1 aliphatic heterocycles. The largest absolute Gasteiger partial charge is 0.353 e. The van der Waals surface area contributed by atoms with Gasteiger partial charge in [0.05, 0.1) is 11.4 Å². The monoisotopic (exact) mass is 423 g/mol. The molecule has 1 heterocycles. The molecule has 2 atom stereocenters. The molecule has 0 aliphatic carbocycles. The second-order valence-corrected chi connectivity index (χ2v) is 9.73. The van der Waals surface area contributed by atoms with Gasteiger partial charge in [0.2, 0.25) is 5.91 Å². The molecule has 3 rings (SSSR count). The van der Waals surface area contributed by atoms with E-state index in [1.807, 2.05) is 42.3 Å². The van der Waals surface area contributed by atoms with Crippen molar-refractivity contribution in [3.05, 3.63) is 66.0 Å². The van der Waals surface area contributed by atoms with E-state index in [1.54, 1.807) is 12.1 Å². The lowest BCUT2D eigenvalue weighted by molar-refractivity contribution is -0.127. The summed E-state index contributed by atoms with van der Waals surface area (Å²) in [6, 6.07) is 16.2. The SMILES string of the molecule is CCCCC1C(c2ccc(F)cc2)=NN(c2ccccc2)C1(C)C(=O)NCC(C)(C)C. The molecule has 2 aromatic rings. The first-order chi connectivity index (χ1) is 14.7. The molecule has 0 spiro atoms. The predicted molar refractivity (Wildman–Crippen MR) is 126 cm³/mol. The molecule has 166 valence electrons. The fourth-order valence-electron chi connectivity index (χ4n) is 4.07. The highest BCUT2D eigenvalue weighted by Crippen LogP contribution is 2.41. The van der Waals surface area contributed by atoms with Crippen LogP contribution in [-0.4, -0.2) is 23.7 Å². The summed E-state index contributed by atoms with van der Waals surface area (Å²) in [7, 11) is 0. The summed E-state index contributed by atoms with van der Waals surface area (Å²) >= 11 is 0. The van der Waals surface area contributed by atoms with Gasteiger partial charge in [-0.25, -0.2) is 9.40 Å². The Bertz CT molecular complexity index is 918. The Balaban J connectivity index is 2.09. The zero-order valence-corrected chi connectivity index (χ0v) is 19.3. The summed E-state index contributed by atoms with van der Waals surface area (Å²) in [6.45, 7) is 11.0. The van der Waals surface area contributed by atoms with Crippen LogP contribution in [0.25, 0.3) is 0 Å². The van der Waals surface area contributed by atoms with Crippen LogP contribution in [0.2, 0.25) is 0 Å². The Kier molecular flexibility index (Phi) is 6.83. The fourth-order valence-corrected chi connectivity index (χ4v) is 4.07. The van der Waals surface area contributed by atoms with Gasteiger partial charge in [0.25, 0.3) is 0 Å². The lowest BCUT2D eigenvalue weighted by Gasteiger charge is -2.38. The van der Waals surface area contributed by atoms with Crippen LogP contribution in [0.5, 0.6) is 0 Å². The maximum Gasteiger partial charge on any atom is 0.248 e. The van der Waals surface area contributed by atoms with E-state index in [-0.39, 0.29) is 23.1 Å². The van der Waals surface area contributed by atoms with Crippen molar-refractivity contribution in [3.8, 4) is 0 Å². The van der Waals surface area contributed by atoms with Gasteiger partial charge in [-0.15, -0.1) is 0 Å². The maximum atomic E-state index is 13.7. The summed E-state index contributed by atoms with van der Waals surface area (Å²) in [5.41, 5.74) is 1.66. The first-order valence-electron chi connectivity index (χ1n) is 11.1. The van der Waals surface area contributed by atoms with Gasteiger partial charge in [0.15, 0.2) is 0 Å². The van der Waals surface area contributed by atoms with E-state index in [9.17, 15) is 9.18 Å². The molecule has 1 aliphatic rings. The Morgan fingerprint density at radius 2 is 1.77 bits per heavy atom. The van der Waals surface area contributed by atoms with Crippen molar-refractivity contribution in [3.63, 3.8) is 0 Å². The number of carbonyl (C=O) groups is 1. The van der Waals surface area contributed by atoms with E-state index < -0.39 is 5.54 Å². The van der Waals surface area contributed by atoms with Crippen LogP contribution < -0.4 is 10.3 Å². The highest BCUT2D eigenvalue weighted by molar-refractivity contribution is 6.10. The molecule has 5 heteroatoms.